The summed E-state index contributed by atoms with van der Waals surface area (Å²) < 4.78 is 5.12. The van der Waals surface area contributed by atoms with Gasteiger partial charge in [0.25, 0.3) is 0 Å². The summed E-state index contributed by atoms with van der Waals surface area (Å²) in [5.74, 6) is 4.61. The molecule has 0 aromatic heterocycles. The molecule has 0 fully saturated rings. The smallest absolute Gasteiger partial charge is 0.328 e. The molecule has 6 nitrogen and oxygen atoms in total. The van der Waals surface area contributed by atoms with Crippen LogP contribution in [0.5, 0.6) is 0 Å². The highest BCUT2D eigenvalue weighted by molar-refractivity contribution is 5.84. The zero-order chi connectivity index (χ0) is 20.9. The number of aryl methyl sites for hydroxylation is 1. The molecule has 1 unspecified atom stereocenters. The van der Waals surface area contributed by atoms with Crippen molar-refractivity contribution >= 4 is 18.1 Å². The van der Waals surface area contributed by atoms with Crippen LogP contribution in [0.1, 0.15) is 42.9 Å². The Morgan fingerprint density at radius 1 is 1.07 bits per heavy atom. The van der Waals surface area contributed by atoms with Crippen molar-refractivity contribution in [3.8, 4) is 0 Å². The number of ether oxygens (including phenoxy) is 1. The van der Waals surface area contributed by atoms with Crippen molar-refractivity contribution in [1.82, 2.24) is 5.32 Å². The van der Waals surface area contributed by atoms with E-state index in [-0.39, 0.29) is 12.5 Å². The van der Waals surface area contributed by atoms with Crippen molar-refractivity contribution in [3.63, 3.8) is 0 Å². The number of nitrogens with zero attached hydrogens (tertiary/aromatic N) is 1. The summed E-state index contributed by atoms with van der Waals surface area (Å²) in [6, 6.07) is 16.9. The lowest BCUT2D eigenvalue weighted by molar-refractivity contribution is -0.147. The number of nitrogens with two attached hydrogens (primary N) is 1. The van der Waals surface area contributed by atoms with Crippen LogP contribution in [0.2, 0.25) is 0 Å². The lowest BCUT2D eigenvalue weighted by atomic mass is 10.0. The number of nitrogens with one attached hydrogen (secondary N) is 1. The quantitative estimate of drug-likeness (QED) is 0.201. The van der Waals surface area contributed by atoms with Crippen LogP contribution in [-0.4, -0.2) is 30.7 Å². The Kier molecular flexibility index (Phi) is 9.42. The van der Waals surface area contributed by atoms with Crippen LogP contribution in [-0.2, 0) is 27.2 Å². The van der Waals surface area contributed by atoms with Gasteiger partial charge in [-0.1, -0.05) is 54.6 Å². The standard InChI is InChI=1S/C23H29N3O3/c1-2-29-23(28)21(16-19-9-4-3-5-10-19)26-22(27)11-7-6-8-18-12-14-20(15-13-18)17-25-24/h3-5,9-10,12-15,17,21H,2,6-8,11,16,24H2,1H3,(H,26,27). The number of carbonyl (C=O) groups excluding carboxylic acids is 2. The van der Waals surface area contributed by atoms with Gasteiger partial charge in [-0.3, -0.25) is 4.79 Å². The maximum atomic E-state index is 12.3. The van der Waals surface area contributed by atoms with Gasteiger partial charge in [0.05, 0.1) is 12.8 Å². The van der Waals surface area contributed by atoms with Gasteiger partial charge in [-0.05, 0) is 42.9 Å². The van der Waals surface area contributed by atoms with Crippen molar-refractivity contribution in [2.24, 2.45) is 10.9 Å². The average molecular weight is 396 g/mol. The molecule has 2 aromatic carbocycles. The first-order valence-corrected chi connectivity index (χ1v) is 9.94. The predicted octanol–water partition coefficient (Wildman–Crippen LogP) is 2.98. The zero-order valence-electron chi connectivity index (χ0n) is 16.8. The van der Waals surface area contributed by atoms with Crippen molar-refractivity contribution < 1.29 is 14.3 Å². The van der Waals surface area contributed by atoms with Crippen molar-refractivity contribution in [1.29, 1.82) is 0 Å². The number of hydrogen-bond acceptors (Lipinski definition) is 5. The van der Waals surface area contributed by atoms with Gasteiger partial charge in [0.1, 0.15) is 6.04 Å². The molecular formula is C23H29N3O3. The third kappa shape index (κ3) is 8.17. The minimum Gasteiger partial charge on any atom is -0.464 e. The molecule has 0 saturated carbocycles. The van der Waals surface area contributed by atoms with Gasteiger partial charge >= 0.3 is 5.97 Å². The number of unbranched alkanes of at least 4 members (excludes halogenated alkanes) is 1. The lowest BCUT2D eigenvalue weighted by Crippen LogP contribution is -2.43. The van der Waals surface area contributed by atoms with E-state index in [0.29, 0.717) is 12.8 Å². The number of hydrogen-bond donors (Lipinski definition) is 2. The number of amides is 1. The van der Waals surface area contributed by atoms with E-state index in [1.807, 2.05) is 54.6 Å². The molecule has 0 spiro atoms. The number of carbonyl (C=O) groups is 2. The van der Waals surface area contributed by atoms with E-state index in [1.165, 1.54) is 5.56 Å². The Labute approximate surface area is 172 Å². The second-order valence-corrected chi connectivity index (χ2v) is 6.79. The minimum absolute atomic E-state index is 0.131. The predicted molar refractivity (Wildman–Crippen MR) is 114 cm³/mol. The highest BCUT2D eigenvalue weighted by atomic mass is 16.5. The van der Waals surface area contributed by atoms with Gasteiger partial charge in [-0.25, -0.2) is 4.79 Å². The first-order chi connectivity index (χ1) is 14.1. The molecule has 0 aliphatic heterocycles. The number of rotatable bonds is 11. The van der Waals surface area contributed by atoms with Crippen LogP contribution in [0.4, 0.5) is 0 Å². The van der Waals surface area contributed by atoms with Crippen LogP contribution in [0.15, 0.2) is 59.7 Å². The van der Waals surface area contributed by atoms with E-state index in [4.69, 9.17) is 10.6 Å². The van der Waals surface area contributed by atoms with Crippen LogP contribution >= 0.6 is 0 Å². The van der Waals surface area contributed by atoms with E-state index in [2.05, 4.69) is 10.4 Å². The van der Waals surface area contributed by atoms with E-state index < -0.39 is 12.0 Å². The molecule has 0 heterocycles. The first kappa shape index (κ1) is 22.1. The highest BCUT2D eigenvalue weighted by Gasteiger charge is 2.22. The van der Waals surface area contributed by atoms with E-state index in [1.54, 1.807) is 13.1 Å². The van der Waals surface area contributed by atoms with E-state index in [9.17, 15) is 9.59 Å². The minimum atomic E-state index is -0.665. The van der Waals surface area contributed by atoms with Gasteiger partial charge < -0.3 is 15.9 Å². The lowest BCUT2D eigenvalue weighted by Gasteiger charge is -2.17. The second-order valence-electron chi connectivity index (χ2n) is 6.79. The molecule has 3 N–H and O–H groups in total. The summed E-state index contributed by atoms with van der Waals surface area (Å²) in [7, 11) is 0. The van der Waals surface area contributed by atoms with E-state index in [0.717, 1.165) is 30.4 Å². The molecule has 0 saturated heterocycles. The average Bonchev–Trinajstić information content (AvgIpc) is 2.73. The maximum absolute atomic E-state index is 12.3. The molecular weight excluding hydrogens is 366 g/mol. The van der Waals surface area contributed by atoms with Crippen LogP contribution in [0, 0.1) is 0 Å². The molecule has 2 rings (SSSR count). The molecule has 0 aliphatic rings. The van der Waals surface area contributed by atoms with Gasteiger partial charge in [0.2, 0.25) is 5.91 Å². The topological polar surface area (TPSA) is 93.8 Å². The fourth-order valence-electron chi connectivity index (χ4n) is 3.02. The van der Waals surface area contributed by atoms with Gasteiger partial charge in [-0.15, -0.1) is 0 Å². The third-order valence-corrected chi connectivity index (χ3v) is 4.51. The van der Waals surface area contributed by atoms with Gasteiger partial charge in [0.15, 0.2) is 0 Å². The molecule has 1 amide bonds. The maximum Gasteiger partial charge on any atom is 0.328 e. The Balaban J connectivity index is 1.78. The van der Waals surface area contributed by atoms with Crippen LogP contribution < -0.4 is 11.2 Å². The Morgan fingerprint density at radius 3 is 2.45 bits per heavy atom. The number of esters is 1. The summed E-state index contributed by atoms with van der Waals surface area (Å²) >= 11 is 0. The normalized spacial score (nSPS) is 11.9. The molecule has 0 radical (unpaired) electrons. The summed E-state index contributed by atoms with van der Waals surface area (Å²) in [5.41, 5.74) is 3.14. The molecule has 0 bridgehead atoms. The number of benzene rings is 2. The van der Waals surface area contributed by atoms with Gasteiger partial charge in [-0.2, -0.15) is 5.10 Å². The Bertz CT molecular complexity index is 789. The molecule has 29 heavy (non-hydrogen) atoms. The van der Waals surface area contributed by atoms with Crippen molar-refractivity contribution in [3.05, 3.63) is 71.3 Å². The summed E-state index contributed by atoms with van der Waals surface area (Å²) in [6.45, 7) is 2.05. The molecule has 154 valence electrons. The highest BCUT2D eigenvalue weighted by Crippen LogP contribution is 2.09. The van der Waals surface area contributed by atoms with Gasteiger partial charge in [0, 0.05) is 12.8 Å². The Hall–Kier alpha value is -3.15. The molecule has 0 aliphatic carbocycles. The van der Waals surface area contributed by atoms with Crippen molar-refractivity contribution in [2.75, 3.05) is 6.61 Å². The van der Waals surface area contributed by atoms with Crippen LogP contribution in [0.25, 0.3) is 0 Å². The summed E-state index contributed by atoms with van der Waals surface area (Å²) in [6.07, 6.45) is 4.92. The zero-order valence-corrected chi connectivity index (χ0v) is 16.8. The third-order valence-electron chi connectivity index (χ3n) is 4.51. The van der Waals surface area contributed by atoms with Crippen molar-refractivity contribution in [2.45, 2.75) is 45.1 Å². The largest absolute Gasteiger partial charge is 0.464 e. The van der Waals surface area contributed by atoms with Crippen LogP contribution in [0.3, 0.4) is 0 Å². The Morgan fingerprint density at radius 2 is 1.79 bits per heavy atom. The number of hydrazone groups is 1. The summed E-state index contributed by atoms with van der Waals surface area (Å²) in [5, 5.41) is 6.33. The second kappa shape index (κ2) is 12.3. The molecule has 1 atom stereocenters. The molecule has 6 heteroatoms. The summed E-state index contributed by atoms with van der Waals surface area (Å²) in [4.78, 5) is 24.6. The SMILES string of the molecule is CCOC(=O)C(Cc1ccccc1)NC(=O)CCCCc1ccc(C=NN)cc1. The first-order valence-electron chi connectivity index (χ1n) is 9.94. The fraction of sp³-hybridized carbons (Fsp3) is 0.348. The van der Waals surface area contributed by atoms with E-state index >= 15 is 0 Å². The molecule has 2 aromatic rings. The monoisotopic (exact) mass is 395 g/mol. The fourth-order valence-corrected chi connectivity index (χ4v) is 3.02.